The second kappa shape index (κ2) is 4.81. The number of unbranched alkanes of at least 4 members (excludes halogenated alkanes) is 2. The van der Waals surface area contributed by atoms with Gasteiger partial charge in [0, 0.05) is 0 Å². The Morgan fingerprint density at radius 2 is 1.92 bits per heavy atom. The maximum atomic E-state index is 11.2. The minimum Gasteiger partial charge on any atom is -0.290 e. The van der Waals surface area contributed by atoms with Crippen LogP contribution in [0.3, 0.4) is 0 Å². The van der Waals surface area contributed by atoms with Crippen LogP contribution in [0, 0.1) is 0 Å². The first kappa shape index (κ1) is 9.11. The van der Waals surface area contributed by atoms with Crippen molar-refractivity contribution in [1.82, 2.24) is 0 Å². The minimum atomic E-state index is 0.189. The first-order valence-electron chi connectivity index (χ1n) is 4.59. The van der Waals surface area contributed by atoms with E-state index in [1.165, 1.54) is 12.8 Å². The molecule has 0 saturated carbocycles. The third kappa shape index (κ3) is 2.57. The second-order valence-corrected chi connectivity index (χ2v) is 3.06. The highest BCUT2D eigenvalue weighted by Gasteiger charge is 1.99. The molecular weight excluding hydrogens is 148 g/mol. The summed E-state index contributed by atoms with van der Waals surface area (Å²) in [4.78, 5) is 0. The van der Waals surface area contributed by atoms with Gasteiger partial charge in [0.15, 0.2) is 5.75 Å². The van der Waals surface area contributed by atoms with E-state index in [1.54, 1.807) is 12.1 Å². The molecule has 0 spiro atoms. The molecule has 1 heteroatoms. The molecule has 1 aromatic rings. The van der Waals surface area contributed by atoms with Gasteiger partial charge in [0.25, 0.3) is 0 Å². The third-order valence-electron chi connectivity index (χ3n) is 2.02. The van der Waals surface area contributed by atoms with Crippen LogP contribution in [-0.4, -0.2) is 0 Å². The molecule has 1 aromatic carbocycles. The van der Waals surface area contributed by atoms with E-state index in [9.17, 15) is 5.11 Å². The Bertz CT molecular complexity index is 230. The van der Waals surface area contributed by atoms with Gasteiger partial charge in [-0.05, 0) is 24.5 Å². The fourth-order valence-electron chi connectivity index (χ4n) is 1.28. The number of benzene rings is 1. The van der Waals surface area contributed by atoms with Gasteiger partial charge in [-0.15, -0.1) is 0 Å². The van der Waals surface area contributed by atoms with Crippen molar-refractivity contribution in [3.63, 3.8) is 0 Å². The first-order valence-corrected chi connectivity index (χ1v) is 4.59. The van der Waals surface area contributed by atoms with Crippen molar-refractivity contribution in [2.75, 3.05) is 0 Å². The average molecular weight is 163 g/mol. The van der Waals surface area contributed by atoms with Gasteiger partial charge in [-0.2, -0.15) is 0 Å². The van der Waals surface area contributed by atoms with Gasteiger partial charge in [-0.25, -0.2) is 0 Å². The molecule has 1 rings (SSSR count). The van der Waals surface area contributed by atoms with Crippen LogP contribution in [0.15, 0.2) is 24.3 Å². The van der Waals surface area contributed by atoms with Gasteiger partial charge < -0.3 is 0 Å². The van der Waals surface area contributed by atoms with Gasteiger partial charge in [0.05, 0.1) is 0 Å². The summed E-state index contributed by atoms with van der Waals surface area (Å²) in [6.45, 7) is 2.17. The van der Waals surface area contributed by atoms with E-state index in [4.69, 9.17) is 0 Å². The first-order chi connectivity index (χ1) is 5.84. The summed E-state index contributed by atoms with van der Waals surface area (Å²) in [5.74, 6) is 0.189. The van der Waals surface area contributed by atoms with E-state index < -0.39 is 0 Å². The molecule has 0 heterocycles. The summed E-state index contributed by atoms with van der Waals surface area (Å²) in [6, 6.07) is 7.30. The maximum Gasteiger partial charge on any atom is 0.181 e. The van der Waals surface area contributed by atoms with Crippen molar-refractivity contribution in [3.8, 4) is 5.75 Å². The minimum absolute atomic E-state index is 0.189. The van der Waals surface area contributed by atoms with Gasteiger partial charge in [-0.1, -0.05) is 38.0 Å². The molecule has 0 atom stereocenters. The highest BCUT2D eigenvalue weighted by Crippen LogP contribution is 2.18. The second-order valence-electron chi connectivity index (χ2n) is 3.06. The molecule has 0 amide bonds. The normalized spacial score (nSPS) is 10.1. The summed E-state index contributed by atoms with van der Waals surface area (Å²) in [7, 11) is 0. The van der Waals surface area contributed by atoms with E-state index in [0.717, 1.165) is 18.4 Å². The number of aryl methyl sites for hydroxylation is 1. The van der Waals surface area contributed by atoms with E-state index in [-0.39, 0.29) is 5.75 Å². The molecule has 0 unspecified atom stereocenters. The fraction of sp³-hybridized carbons (Fsp3) is 0.455. The van der Waals surface area contributed by atoms with Crippen molar-refractivity contribution in [2.24, 2.45) is 0 Å². The zero-order valence-electron chi connectivity index (χ0n) is 7.55. The molecule has 0 bridgehead atoms. The zero-order valence-corrected chi connectivity index (χ0v) is 7.55. The van der Waals surface area contributed by atoms with Crippen LogP contribution in [-0.2, 0) is 11.5 Å². The van der Waals surface area contributed by atoms with Crippen LogP contribution in [0.2, 0.25) is 0 Å². The molecule has 1 nitrogen and oxygen atoms in total. The van der Waals surface area contributed by atoms with Crippen molar-refractivity contribution < 1.29 is 5.11 Å². The molecular formula is C11H15O. The molecule has 0 fully saturated rings. The molecule has 1 radical (unpaired) electrons. The fourth-order valence-corrected chi connectivity index (χ4v) is 1.28. The predicted octanol–water partition coefficient (Wildman–Crippen LogP) is 3.56. The summed E-state index contributed by atoms with van der Waals surface area (Å²) in [6.07, 6.45) is 4.50. The Hall–Kier alpha value is -0.980. The Kier molecular flexibility index (Phi) is 3.65. The van der Waals surface area contributed by atoms with Gasteiger partial charge in [-0.3, -0.25) is 5.11 Å². The Labute approximate surface area is 74.1 Å². The van der Waals surface area contributed by atoms with Gasteiger partial charge in [0.2, 0.25) is 0 Å². The lowest BCUT2D eigenvalue weighted by Gasteiger charge is -2.00. The largest absolute Gasteiger partial charge is 0.290 e. The number of para-hydroxylation sites is 1. The molecule has 0 N–H and O–H groups in total. The lowest BCUT2D eigenvalue weighted by atomic mass is 10.1. The number of rotatable bonds is 4. The zero-order chi connectivity index (χ0) is 8.81. The molecule has 65 valence electrons. The standard InChI is InChI=1S/C11H15O/c1-2-3-4-7-10-8-5-6-9-11(10)12/h5-6,8-9H,2-4,7H2,1H3. The maximum absolute atomic E-state index is 11.2. The lowest BCUT2D eigenvalue weighted by molar-refractivity contribution is 0.349. The quantitative estimate of drug-likeness (QED) is 0.605. The monoisotopic (exact) mass is 163 g/mol. The predicted molar refractivity (Wildman–Crippen MR) is 49.8 cm³/mol. The third-order valence-corrected chi connectivity index (χ3v) is 2.02. The Morgan fingerprint density at radius 3 is 2.58 bits per heavy atom. The molecule has 0 aromatic heterocycles. The summed E-state index contributed by atoms with van der Waals surface area (Å²) < 4.78 is 0. The Morgan fingerprint density at radius 1 is 1.17 bits per heavy atom. The van der Waals surface area contributed by atoms with E-state index in [0.29, 0.717) is 0 Å². The summed E-state index contributed by atoms with van der Waals surface area (Å²) in [5, 5.41) is 11.2. The topological polar surface area (TPSA) is 19.9 Å². The summed E-state index contributed by atoms with van der Waals surface area (Å²) in [5.41, 5.74) is 0.964. The number of hydrogen-bond acceptors (Lipinski definition) is 0. The van der Waals surface area contributed by atoms with E-state index >= 15 is 0 Å². The molecule has 0 saturated heterocycles. The lowest BCUT2D eigenvalue weighted by Crippen LogP contribution is -1.84. The van der Waals surface area contributed by atoms with Crippen LogP contribution in [0.5, 0.6) is 5.75 Å². The highest BCUT2D eigenvalue weighted by atomic mass is 16.3. The highest BCUT2D eigenvalue weighted by molar-refractivity contribution is 5.31. The van der Waals surface area contributed by atoms with Crippen molar-refractivity contribution in [1.29, 1.82) is 0 Å². The average Bonchev–Trinajstić information content (AvgIpc) is 2.09. The summed E-state index contributed by atoms with van der Waals surface area (Å²) >= 11 is 0. The SMILES string of the molecule is CCCCCc1ccccc1[O]. The van der Waals surface area contributed by atoms with Crippen LogP contribution < -0.4 is 0 Å². The smallest absolute Gasteiger partial charge is 0.181 e. The van der Waals surface area contributed by atoms with E-state index in [1.807, 2.05) is 12.1 Å². The molecule has 0 aliphatic carbocycles. The van der Waals surface area contributed by atoms with Gasteiger partial charge >= 0.3 is 0 Å². The van der Waals surface area contributed by atoms with Gasteiger partial charge in [0.1, 0.15) is 0 Å². The van der Waals surface area contributed by atoms with Crippen molar-refractivity contribution >= 4 is 0 Å². The van der Waals surface area contributed by atoms with Crippen LogP contribution >= 0.6 is 0 Å². The molecule has 0 aliphatic heterocycles. The molecule has 12 heavy (non-hydrogen) atoms. The van der Waals surface area contributed by atoms with Crippen LogP contribution in [0.4, 0.5) is 0 Å². The van der Waals surface area contributed by atoms with Crippen LogP contribution in [0.25, 0.3) is 0 Å². The number of hydrogen-bond donors (Lipinski definition) is 0. The van der Waals surface area contributed by atoms with Crippen molar-refractivity contribution in [2.45, 2.75) is 32.6 Å². The Balaban J connectivity index is 2.46. The van der Waals surface area contributed by atoms with E-state index in [2.05, 4.69) is 6.92 Å². The van der Waals surface area contributed by atoms with Crippen molar-refractivity contribution in [3.05, 3.63) is 29.8 Å². The molecule has 0 aliphatic rings. The van der Waals surface area contributed by atoms with Crippen LogP contribution in [0.1, 0.15) is 31.7 Å².